The molecule has 1 aromatic rings. The largest absolute Gasteiger partial charge is 0.404 e. The Kier molecular flexibility index (Phi) is 3.79. The van der Waals surface area contributed by atoms with Gasteiger partial charge in [-0.3, -0.25) is 9.48 Å². The van der Waals surface area contributed by atoms with Gasteiger partial charge >= 0.3 is 6.18 Å². The zero-order valence-corrected chi connectivity index (χ0v) is 10.2. The van der Waals surface area contributed by atoms with Gasteiger partial charge in [0.2, 0.25) is 5.91 Å². The summed E-state index contributed by atoms with van der Waals surface area (Å²) in [6, 6.07) is 1.71. The maximum Gasteiger partial charge on any atom is 0.404 e. The molecular formula is C11H15F3N4O. The smallest absolute Gasteiger partial charge is 0.353 e. The topological polar surface area (TPSA) is 59.0 Å². The van der Waals surface area contributed by atoms with Crippen molar-refractivity contribution in [2.75, 3.05) is 19.6 Å². The fraction of sp³-hybridized carbons (Fsp3) is 0.636. The number of nitrogens with zero attached hydrogens (tertiary/aromatic N) is 2. The molecule has 1 saturated heterocycles. The van der Waals surface area contributed by atoms with Crippen LogP contribution in [0.15, 0.2) is 18.5 Å². The molecule has 0 bridgehead atoms. The number of amides is 1. The Morgan fingerprint density at radius 1 is 1.53 bits per heavy atom. The number of hydrogen-bond donors (Lipinski definition) is 2. The molecule has 1 unspecified atom stereocenters. The molecule has 1 aliphatic heterocycles. The van der Waals surface area contributed by atoms with Crippen LogP contribution in [0.2, 0.25) is 0 Å². The summed E-state index contributed by atoms with van der Waals surface area (Å²) in [4.78, 5) is 11.8. The number of hydrogen-bond acceptors (Lipinski definition) is 3. The number of alkyl halides is 3. The van der Waals surface area contributed by atoms with Crippen molar-refractivity contribution in [3.8, 4) is 0 Å². The molecular weight excluding hydrogens is 261 g/mol. The van der Waals surface area contributed by atoms with Crippen molar-refractivity contribution in [2.45, 2.75) is 19.1 Å². The molecule has 2 heterocycles. The summed E-state index contributed by atoms with van der Waals surface area (Å²) in [5, 5.41) is 8.86. The van der Waals surface area contributed by atoms with Crippen LogP contribution in [0.4, 0.5) is 13.2 Å². The van der Waals surface area contributed by atoms with Crippen LogP contribution in [-0.2, 0) is 11.3 Å². The normalized spacial score (nSPS) is 23.5. The van der Waals surface area contributed by atoms with Gasteiger partial charge in [0.25, 0.3) is 0 Å². The van der Waals surface area contributed by atoms with E-state index >= 15 is 0 Å². The first-order chi connectivity index (χ1) is 8.96. The van der Waals surface area contributed by atoms with E-state index in [0.717, 1.165) is 0 Å². The highest BCUT2D eigenvalue weighted by atomic mass is 19.4. The van der Waals surface area contributed by atoms with Crippen molar-refractivity contribution >= 4 is 5.91 Å². The molecule has 2 rings (SSSR count). The lowest BCUT2D eigenvalue weighted by molar-refractivity contribution is -0.216. The molecule has 0 saturated carbocycles. The van der Waals surface area contributed by atoms with E-state index in [1.807, 2.05) is 0 Å². The van der Waals surface area contributed by atoms with Gasteiger partial charge in [-0.2, -0.15) is 18.3 Å². The van der Waals surface area contributed by atoms with Crippen molar-refractivity contribution in [2.24, 2.45) is 5.41 Å². The molecule has 8 heteroatoms. The summed E-state index contributed by atoms with van der Waals surface area (Å²) < 4.78 is 40.7. The molecule has 1 fully saturated rings. The van der Waals surface area contributed by atoms with E-state index < -0.39 is 17.5 Å². The van der Waals surface area contributed by atoms with Gasteiger partial charge in [0.05, 0.1) is 6.54 Å². The first kappa shape index (κ1) is 13.9. The number of nitrogens with one attached hydrogen (secondary N) is 2. The Bertz CT molecular complexity index is 424. The van der Waals surface area contributed by atoms with Crippen LogP contribution in [0.25, 0.3) is 0 Å². The maximum atomic E-state index is 13.0. The predicted octanol–water partition coefficient (Wildman–Crippen LogP) is 0.541. The molecule has 1 aliphatic rings. The van der Waals surface area contributed by atoms with E-state index in [-0.39, 0.29) is 26.1 Å². The number of rotatable bonds is 4. The fourth-order valence-electron chi connectivity index (χ4n) is 2.14. The summed E-state index contributed by atoms with van der Waals surface area (Å²) in [6.07, 6.45) is -1.50. The number of carbonyl (C=O) groups excluding carboxylic acids is 1. The molecule has 19 heavy (non-hydrogen) atoms. The van der Waals surface area contributed by atoms with Crippen LogP contribution < -0.4 is 10.6 Å². The van der Waals surface area contributed by atoms with Crippen LogP contribution in [0.1, 0.15) is 6.42 Å². The average molecular weight is 276 g/mol. The van der Waals surface area contributed by atoms with E-state index in [1.165, 1.54) is 0 Å². The van der Waals surface area contributed by atoms with Gasteiger partial charge in [0.1, 0.15) is 0 Å². The third kappa shape index (κ3) is 2.73. The third-order valence-corrected chi connectivity index (χ3v) is 3.32. The first-order valence-corrected chi connectivity index (χ1v) is 5.99. The van der Waals surface area contributed by atoms with Crippen molar-refractivity contribution in [3.05, 3.63) is 18.5 Å². The molecule has 1 atom stereocenters. The van der Waals surface area contributed by atoms with Crippen molar-refractivity contribution < 1.29 is 18.0 Å². The molecule has 0 aromatic carbocycles. The summed E-state index contributed by atoms with van der Waals surface area (Å²) in [5.41, 5.74) is -2.29. The fourth-order valence-corrected chi connectivity index (χ4v) is 2.14. The molecule has 2 N–H and O–H groups in total. The molecule has 5 nitrogen and oxygen atoms in total. The molecule has 0 spiro atoms. The van der Waals surface area contributed by atoms with Gasteiger partial charge < -0.3 is 10.6 Å². The van der Waals surface area contributed by atoms with E-state index in [2.05, 4.69) is 15.7 Å². The van der Waals surface area contributed by atoms with E-state index in [9.17, 15) is 18.0 Å². The minimum Gasteiger partial charge on any atom is -0.353 e. The first-order valence-electron chi connectivity index (χ1n) is 5.99. The van der Waals surface area contributed by atoms with Gasteiger partial charge in [-0.1, -0.05) is 0 Å². The van der Waals surface area contributed by atoms with E-state index in [0.29, 0.717) is 6.54 Å². The van der Waals surface area contributed by atoms with Crippen LogP contribution >= 0.6 is 0 Å². The molecule has 1 amide bonds. The van der Waals surface area contributed by atoms with Gasteiger partial charge in [0.15, 0.2) is 5.41 Å². The van der Waals surface area contributed by atoms with Gasteiger partial charge in [-0.15, -0.1) is 0 Å². The monoisotopic (exact) mass is 276 g/mol. The standard InChI is InChI=1S/C11H15F3N4O/c12-11(13,14)10(2-4-15-8-10)9(19)16-5-7-18-6-1-3-17-18/h1,3,6,15H,2,4-5,7-8H2,(H,16,19). The van der Waals surface area contributed by atoms with Crippen LogP contribution in [-0.4, -0.2) is 41.5 Å². The Morgan fingerprint density at radius 3 is 2.84 bits per heavy atom. The third-order valence-electron chi connectivity index (χ3n) is 3.32. The Balaban J connectivity index is 1.93. The Morgan fingerprint density at radius 2 is 2.32 bits per heavy atom. The lowest BCUT2D eigenvalue weighted by Gasteiger charge is -2.29. The van der Waals surface area contributed by atoms with Gasteiger partial charge in [-0.25, -0.2) is 0 Å². The molecule has 0 radical (unpaired) electrons. The van der Waals surface area contributed by atoms with Crippen LogP contribution in [0, 0.1) is 5.41 Å². The Labute approximate surface area is 108 Å². The second kappa shape index (κ2) is 5.20. The SMILES string of the molecule is O=C(NCCn1cccn1)C1(C(F)(F)F)CCNC1. The highest BCUT2D eigenvalue weighted by Crippen LogP contribution is 2.43. The second-order valence-corrected chi connectivity index (χ2v) is 4.53. The number of halogens is 3. The lowest BCUT2D eigenvalue weighted by Crippen LogP contribution is -2.52. The predicted molar refractivity (Wildman–Crippen MR) is 61.2 cm³/mol. The average Bonchev–Trinajstić information content (AvgIpc) is 2.99. The molecule has 1 aromatic heterocycles. The Hall–Kier alpha value is -1.57. The van der Waals surface area contributed by atoms with Crippen LogP contribution in [0.5, 0.6) is 0 Å². The van der Waals surface area contributed by atoms with Crippen molar-refractivity contribution in [3.63, 3.8) is 0 Å². The summed E-state index contributed by atoms with van der Waals surface area (Å²) in [7, 11) is 0. The highest BCUT2D eigenvalue weighted by Gasteiger charge is 2.61. The quantitative estimate of drug-likeness (QED) is 0.844. The number of aromatic nitrogens is 2. The van der Waals surface area contributed by atoms with Crippen LogP contribution in [0.3, 0.4) is 0 Å². The van der Waals surface area contributed by atoms with Crippen molar-refractivity contribution in [1.29, 1.82) is 0 Å². The number of carbonyl (C=O) groups is 1. The molecule has 0 aliphatic carbocycles. The zero-order chi connectivity index (χ0) is 13.9. The van der Waals surface area contributed by atoms with E-state index in [1.54, 1.807) is 23.1 Å². The van der Waals surface area contributed by atoms with Gasteiger partial charge in [-0.05, 0) is 19.0 Å². The lowest BCUT2D eigenvalue weighted by atomic mass is 9.85. The maximum absolute atomic E-state index is 13.0. The van der Waals surface area contributed by atoms with E-state index in [4.69, 9.17) is 0 Å². The zero-order valence-electron chi connectivity index (χ0n) is 10.2. The molecule has 106 valence electrons. The summed E-state index contributed by atoms with van der Waals surface area (Å²) in [5.74, 6) is -0.961. The van der Waals surface area contributed by atoms with Gasteiger partial charge in [0, 0.05) is 25.5 Å². The minimum atomic E-state index is -4.54. The summed E-state index contributed by atoms with van der Waals surface area (Å²) in [6.45, 7) is 0.314. The summed E-state index contributed by atoms with van der Waals surface area (Å²) >= 11 is 0. The second-order valence-electron chi connectivity index (χ2n) is 4.53. The highest BCUT2D eigenvalue weighted by molar-refractivity contribution is 5.84. The minimum absolute atomic E-state index is 0.123. The van der Waals surface area contributed by atoms with Crippen molar-refractivity contribution in [1.82, 2.24) is 20.4 Å².